The van der Waals surface area contributed by atoms with Gasteiger partial charge in [-0.15, -0.1) is 11.3 Å². The van der Waals surface area contributed by atoms with Crippen LogP contribution in [0.2, 0.25) is 0 Å². The number of hydrogen-bond donors (Lipinski definition) is 2. The summed E-state index contributed by atoms with van der Waals surface area (Å²) in [5.74, 6) is -5.51. The first kappa shape index (κ1) is 32.5. The van der Waals surface area contributed by atoms with Crippen molar-refractivity contribution in [3.63, 3.8) is 0 Å². The van der Waals surface area contributed by atoms with Crippen LogP contribution in [0.3, 0.4) is 0 Å². The molecular weight excluding hydrogens is 556 g/mol. The fourth-order valence-electron chi connectivity index (χ4n) is 4.07. The van der Waals surface area contributed by atoms with Crippen molar-refractivity contribution < 1.29 is 50.9 Å². The highest BCUT2D eigenvalue weighted by atomic mass is 32.1. The minimum Gasteiger partial charge on any atom is -0.475 e. The van der Waals surface area contributed by atoms with Crippen LogP contribution in [-0.2, 0) is 27.4 Å². The molecule has 0 amide bonds. The van der Waals surface area contributed by atoms with Gasteiger partial charge >= 0.3 is 24.3 Å². The number of aromatic nitrogens is 1. The Bertz CT molecular complexity index is 1010. The molecule has 2 aromatic heterocycles. The van der Waals surface area contributed by atoms with E-state index in [1.807, 2.05) is 23.6 Å². The van der Waals surface area contributed by atoms with Crippen molar-refractivity contribution in [1.82, 2.24) is 14.8 Å². The number of likely N-dealkylation sites (N-methyl/N-ethyl adjacent to an activating group) is 1. The number of ether oxygens (including phenoxy) is 1. The number of thiophene rings is 1. The first-order chi connectivity index (χ1) is 18.1. The van der Waals surface area contributed by atoms with Gasteiger partial charge in [-0.1, -0.05) is 12.1 Å². The monoisotopic (exact) mass is 585 g/mol. The quantitative estimate of drug-likeness (QED) is 0.489. The smallest absolute Gasteiger partial charge is 0.475 e. The van der Waals surface area contributed by atoms with E-state index in [-0.39, 0.29) is 5.60 Å². The van der Waals surface area contributed by atoms with Gasteiger partial charge in [0.15, 0.2) is 0 Å². The zero-order valence-corrected chi connectivity index (χ0v) is 21.7. The molecule has 1 atom stereocenters. The minimum absolute atomic E-state index is 0.106. The van der Waals surface area contributed by atoms with Gasteiger partial charge in [0.25, 0.3) is 0 Å². The van der Waals surface area contributed by atoms with Crippen molar-refractivity contribution in [2.45, 2.75) is 56.3 Å². The lowest BCUT2D eigenvalue weighted by Gasteiger charge is -2.38. The van der Waals surface area contributed by atoms with Gasteiger partial charge in [-0.25, -0.2) is 9.59 Å². The Morgan fingerprint density at radius 3 is 2.13 bits per heavy atom. The molecule has 2 fully saturated rings. The normalized spacial score (nSPS) is 19.1. The molecule has 2 aromatic rings. The number of halogens is 6. The summed E-state index contributed by atoms with van der Waals surface area (Å²) in [6.07, 6.45) is -4.82. The van der Waals surface area contributed by atoms with Gasteiger partial charge in [0.1, 0.15) is 0 Å². The highest BCUT2D eigenvalue weighted by Crippen LogP contribution is 2.38. The molecule has 8 nitrogen and oxygen atoms in total. The number of alkyl halides is 6. The SMILES string of the molecule is CN(Cc1ccccn1)C1COC2(CCN(Cc3cccs3)CC2)C1.O=C(O)C(F)(F)F.O=C(O)C(F)(F)F. The molecular formula is C24H29F6N3O5S. The van der Waals surface area contributed by atoms with Crippen LogP contribution in [0.4, 0.5) is 26.3 Å². The maximum Gasteiger partial charge on any atom is 0.490 e. The number of hydrogen-bond acceptors (Lipinski definition) is 7. The summed E-state index contributed by atoms with van der Waals surface area (Å²) >= 11 is 1.86. The van der Waals surface area contributed by atoms with Crippen molar-refractivity contribution >= 4 is 23.3 Å². The van der Waals surface area contributed by atoms with E-state index in [0.717, 1.165) is 57.7 Å². The van der Waals surface area contributed by atoms with Gasteiger partial charge in [-0.05, 0) is 49.9 Å². The van der Waals surface area contributed by atoms with Crippen LogP contribution in [0, 0.1) is 0 Å². The third-order valence-electron chi connectivity index (χ3n) is 6.16. The fraction of sp³-hybridized carbons (Fsp3) is 0.542. The molecule has 2 aliphatic rings. The maximum absolute atomic E-state index is 10.6. The highest BCUT2D eigenvalue weighted by Gasteiger charge is 2.44. The second kappa shape index (κ2) is 14.1. The highest BCUT2D eigenvalue weighted by molar-refractivity contribution is 7.09. The summed E-state index contributed by atoms with van der Waals surface area (Å²) in [6, 6.07) is 11.0. The van der Waals surface area contributed by atoms with Crippen LogP contribution < -0.4 is 0 Å². The standard InChI is InChI=1S/C20H27N3OS.2C2HF3O2/c1-22(14-17-5-2-3-9-21-17)18-13-20(24-16-18)7-10-23(11-8-20)15-19-6-4-12-25-19;2*3-2(4,5)1(6)7/h2-6,9,12,18H,7-8,10-11,13-16H2,1H3;2*(H,6,7). The number of likely N-dealkylation sites (tertiary alicyclic amines) is 1. The topological polar surface area (TPSA) is 103 Å². The Hall–Kier alpha value is -2.75. The van der Waals surface area contributed by atoms with Crippen molar-refractivity contribution in [2.24, 2.45) is 0 Å². The second-order valence-corrected chi connectivity index (χ2v) is 10.1. The molecule has 0 bridgehead atoms. The summed E-state index contributed by atoms with van der Waals surface area (Å²) in [6.45, 7) is 5.14. The summed E-state index contributed by atoms with van der Waals surface area (Å²) < 4.78 is 69.8. The van der Waals surface area contributed by atoms with Crippen LogP contribution >= 0.6 is 11.3 Å². The first-order valence-electron chi connectivity index (χ1n) is 11.7. The molecule has 0 radical (unpaired) electrons. The molecule has 2 N–H and O–H groups in total. The molecule has 2 aliphatic heterocycles. The molecule has 1 unspecified atom stereocenters. The Morgan fingerprint density at radius 1 is 1.08 bits per heavy atom. The summed E-state index contributed by atoms with van der Waals surface area (Å²) in [7, 11) is 2.20. The Labute approximate surface area is 224 Å². The third-order valence-corrected chi connectivity index (χ3v) is 7.02. The van der Waals surface area contributed by atoms with Crippen LogP contribution in [0.1, 0.15) is 29.8 Å². The lowest BCUT2D eigenvalue weighted by atomic mass is 9.87. The Kier molecular flexibility index (Phi) is 11.7. The lowest BCUT2D eigenvalue weighted by molar-refractivity contribution is -0.193. The number of nitrogens with zero attached hydrogens (tertiary/aromatic N) is 3. The zero-order valence-electron chi connectivity index (χ0n) is 20.9. The van der Waals surface area contributed by atoms with E-state index in [0.29, 0.717) is 6.04 Å². The maximum atomic E-state index is 10.6. The van der Waals surface area contributed by atoms with E-state index in [4.69, 9.17) is 24.5 Å². The number of carboxylic acids is 2. The van der Waals surface area contributed by atoms with Crippen molar-refractivity contribution in [1.29, 1.82) is 0 Å². The zero-order chi connectivity index (χ0) is 29.3. The summed E-state index contributed by atoms with van der Waals surface area (Å²) in [5.41, 5.74) is 1.24. The van der Waals surface area contributed by atoms with Gasteiger partial charge in [0, 0.05) is 43.3 Å². The summed E-state index contributed by atoms with van der Waals surface area (Å²) in [5, 5.41) is 16.4. The molecule has 0 aliphatic carbocycles. The van der Waals surface area contributed by atoms with Crippen LogP contribution in [0.5, 0.6) is 0 Å². The Balaban J connectivity index is 0.000000317. The average Bonchev–Trinajstić information content (AvgIpc) is 3.51. The third kappa shape index (κ3) is 11.1. The van der Waals surface area contributed by atoms with Gasteiger partial charge in [-0.3, -0.25) is 14.8 Å². The molecule has 15 heteroatoms. The number of carboxylic acid groups (broad SMARTS) is 2. The molecule has 0 saturated carbocycles. The van der Waals surface area contributed by atoms with E-state index in [1.54, 1.807) is 0 Å². The van der Waals surface area contributed by atoms with Gasteiger partial charge in [0.05, 0.1) is 17.9 Å². The average molecular weight is 586 g/mol. The first-order valence-corrected chi connectivity index (χ1v) is 12.6. The minimum atomic E-state index is -5.08. The molecule has 4 rings (SSSR count). The molecule has 0 aromatic carbocycles. The van der Waals surface area contributed by atoms with Crippen LogP contribution in [0.15, 0.2) is 41.9 Å². The number of piperidine rings is 1. The van der Waals surface area contributed by atoms with E-state index >= 15 is 0 Å². The predicted molar refractivity (Wildman–Crippen MR) is 129 cm³/mol. The summed E-state index contributed by atoms with van der Waals surface area (Å²) in [4.78, 5) is 28.7. The van der Waals surface area contributed by atoms with Crippen molar-refractivity contribution in [2.75, 3.05) is 26.7 Å². The second-order valence-electron chi connectivity index (χ2n) is 9.05. The largest absolute Gasteiger partial charge is 0.490 e. The fourth-order valence-corrected chi connectivity index (χ4v) is 4.82. The number of carbonyl (C=O) groups is 2. The van der Waals surface area contributed by atoms with Gasteiger partial charge in [0.2, 0.25) is 0 Å². The molecule has 4 heterocycles. The van der Waals surface area contributed by atoms with Crippen molar-refractivity contribution in [3.05, 3.63) is 52.5 Å². The Morgan fingerprint density at radius 2 is 1.67 bits per heavy atom. The number of pyridine rings is 1. The van der Waals surface area contributed by atoms with E-state index < -0.39 is 24.3 Å². The van der Waals surface area contributed by atoms with E-state index in [9.17, 15) is 26.3 Å². The van der Waals surface area contributed by atoms with Gasteiger partial charge < -0.3 is 14.9 Å². The van der Waals surface area contributed by atoms with Gasteiger partial charge in [-0.2, -0.15) is 26.3 Å². The van der Waals surface area contributed by atoms with Crippen LogP contribution in [-0.4, -0.2) is 87.7 Å². The number of rotatable bonds is 5. The molecule has 39 heavy (non-hydrogen) atoms. The predicted octanol–water partition coefficient (Wildman–Crippen LogP) is 4.67. The van der Waals surface area contributed by atoms with Crippen LogP contribution in [0.25, 0.3) is 0 Å². The lowest BCUT2D eigenvalue weighted by Crippen LogP contribution is -2.44. The molecule has 218 valence electrons. The van der Waals surface area contributed by atoms with E-state index in [2.05, 4.69) is 51.5 Å². The van der Waals surface area contributed by atoms with E-state index in [1.165, 1.54) is 4.88 Å². The molecule has 1 spiro atoms. The number of aliphatic carboxylic acids is 2. The molecule has 2 saturated heterocycles. The van der Waals surface area contributed by atoms with Crippen molar-refractivity contribution in [3.8, 4) is 0 Å².